The van der Waals surface area contributed by atoms with Gasteiger partial charge in [0.15, 0.2) is 6.04 Å². The van der Waals surface area contributed by atoms with Crippen LogP contribution in [0.15, 0.2) is 67.0 Å². The first-order valence-electron chi connectivity index (χ1n) is 12.4. The molecule has 1 amide bonds. The van der Waals surface area contributed by atoms with E-state index in [4.69, 9.17) is 14.2 Å². The fourth-order valence-corrected chi connectivity index (χ4v) is 4.20. The predicted octanol–water partition coefficient (Wildman–Crippen LogP) is 4.58. The second-order valence-electron chi connectivity index (χ2n) is 8.82. The molecule has 0 spiro atoms. The SMILES string of the molecule is COC(=O)C(NC(=O)CCCOCc1ccccc1)c1cccc(-c2cnn(C3CCCCO3)c2)c1. The molecule has 0 saturated carbocycles. The van der Waals surface area contributed by atoms with Crippen molar-refractivity contribution < 1.29 is 23.8 Å². The molecule has 8 heteroatoms. The molecule has 1 aromatic heterocycles. The quantitative estimate of drug-likeness (QED) is 0.312. The van der Waals surface area contributed by atoms with Gasteiger partial charge in [-0.2, -0.15) is 5.10 Å². The smallest absolute Gasteiger partial charge is 0.333 e. The molecule has 190 valence electrons. The molecular formula is C28H33N3O5. The molecule has 0 bridgehead atoms. The van der Waals surface area contributed by atoms with Crippen molar-refractivity contribution in [3.8, 4) is 11.1 Å². The first kappa shape index (κ1) is 25.6. The molecule has 4 rings (SSSR count). The van der Waals surface area contributed by atoms with Crippen LogP contribution < -0.4 is 5.32 Å². The first-order chi connectivity index (χ1) is 17.6. The highest BCUT2D eigenvalue weighted by atomic mass is 16.5. The Hall–Kier alpha value is -3.49. The molecule has 8 nitrogen and oxygen atoms in total. The van der Waals surface area contributed by atoms with Crippen molar-refractivity contribution in [1.29, 1.82) is 0 Å². The van der Waals surface area contributed by atoms with Crippen LogP contribution in [-0.4, -0.2) is 42.0 Å². The van der Waals surface area contributed by atoms with Crippen LogP contribution >= 0.6 is 0 Å². The number of hydrogen-bond acceptors (Lipinski definition) is 6. The Labute approximate surface area is 211 Å². The predicted molar refractivity (Wildman–Crippen MR) is 135 cm³/mol. The lowest BCUT2D eigenvalue weighted by atomic mass is 10.0. The second-order valence-corrected chi connectivity index (χ2v) is 8.82. The van der Waals surface area contributed by atoms with E-state index in [1.54, 1.807) is 6.20 Å². The lowest BCUT2D eigenvalue weighted by Gasteiger charge is -2.22. The van der Waals surface area contributed by atoms with E-state index in [1.807, 2.05) is 65.5 Å². The lowest BCUT2D eigenvalue weighted by Crippen LogP contribution is -2.34. The number of nitrogens with zero attached hydrogens (tertiary/aromatic N) is 2. The fraction of sp³-hybridized carbons (Fsp3) is 0.393. The van der Waals surface area contributed by atoms with Crippen molar-refractivity contribution in [1.82, 2.24) is 15.1 Å². The summed E-state index contributed by atoms with van der Waals surface area (Å²) in [5, 5.41) is 7.30. The fourth-order valence-electron chi connectivity index (χ4n) is 4.20. The number of aromatic nitrogens is 2. The van der Waals surface area contributed by atoms with Gasteiger partial charge in [0.1, 0.15) is 6.23 Å². The molecule has 0 radical (unpaired) electrons. The topological polar surface area (TPSA) is 91.7 Å². The van der Waals surface area contributed by atoms with Crippen LogP contribution in [0, 0.1) is 0 Å². The van der Waals surface area contributed by atoms with Gasteiger partial charge in [0, 0.05) is 31.4 Å². The minimum Gasteiger partial charge on any atom is -0.467 e. The molecule has 1 N–H and O–H groups in total. The summed E-state index contributed by atoms with van der Waals surface area (Å²) in [6.07, 6.45) is 7.63. The zero-order valence-corrected chi connectivity index (χ0v) is 20.6. The summed E-state index contributed by atoms with van der Waals surface area (Å²) in [6, 6.07) is 16.5. The Morgan fingerprint density at radius 3 is 2.78 bits per heavy atom. The molecule has 0 aliphatic carbocycles. The van der Waals surface area contributed by atoms with Crippen LogP contribution in [0.1, 0.15) is 55.5 Å². The van der Waals surface area contributed by atoms with Crippen LogP contribution in [0.25, 0.3) is 11.1 Å². The molecule has 2 heterocycles. The number of benzene rings is 2. The van der Waals surface area contributed by atoms with E-state index >= 15 is 0 Å². The molecule has 2 unspecified atom stereocenters. The average Bonchev–Trinajstić information content (AvgIpc) is 3.43. The monoisotopic (exact) mass is 491 g/mol. The first-order valence-corrected chi connectivity index (χ1v) is 12.4. The van der Waals surface area contributed by atoms with Crippen LogP contribution in [0.4, 0.5) is 0 Å². The summed E-state index contributed by atoms with van der Waals surface area (Å²) in [5.74, 6) is -0.756. The van der Waals surface area contributed by atoms with Gasteiger partial charge in [-0.3, -0.25) is 4.79 Å². The number of methoxy groups -OCH3 is 1. The van der Waals surface area contributed by atoms with Crippen molar-refractivity contribution in [2.24, 2.45) is 0 Å². The van der Waals surface area contributed by atoms with Gasteiger partial charge in [-0.1, -0.05) is 48.5 Å². The highest BCUT2D eigenvalue weighted by Gasteiger charge is 2.24. The van der Waals surface area contributed by atoms with E-state index in [1.165, 1.54) is 7.11 Å². The third kappa shape index (κ3) is 7.02. The van der Waals surface area contributed by atoms with Crippen LogP contribution in [0.3, 0.4) is 0 Å². The molecule has 1 fully saturated rings. The molecule has 36 heavy (non-hydrogen) atoms. The number of carbonyl (C=O) groups is 2. The van der Waals surface area contributed by atoms with Gasteiger partial charge >= 0.3 is 5.97 Å². The zero-order valence-electron chi connectivity index (χ0n) is 20.6. The molecule has 3 aromatic rings. The standard InChI is InChI=1S/C28H33N3O5/c1-34-28(33)27(30-25(32)13-8-15-35-20-21-9-3-2-4-10-21)23-12-7-11-22(17-23)24-18-29-31(19-24)26-14-5-6-16-36-26/h2-4,7,9-12,17-19,26-27H,5-6,8,13-16,20H2,1H3,(H,30,32). The van der Waals surface area contributed by atoms with E-state index in [2.05, 4.69) is 10.4 Å². The minimum absolute atomic E-state index is 0.0468. The van der Waals surface area contributed by atoms with Gasteiger partial charge in [-0.15, -0.1) is 0 Å². The number of ether oxygens (including phenoxy) is 3. The molecule has 1 aliphatic rings. The van der Waals surface area contributed by atoms with Crippen molar-refractivity contribution >= 4 is 11.9 Å². The van der Waals surface area contributed by atoms with Crippen molar-refractivity contribution in [3.05, 3.63) is 78.1 Å². The number of esters is 1. The molecule has 2 aromatic carbocycles. The van der Waals surface area contributed by atoms with Gasteiger partial charge in [-0.05, 0) is 48.4 Å². The number of nitrogens with one attached hydrogen (secondary N) is 1. The summed E-state index contributed by atoms with van der Waals surface area (Å²) in [5.41, 5.74) is 3.54. The van der Waals surface area contributed by atoms with Crippen LogP contribution in [0.5, 0.6) is 0 Å². The van der Waals surface area contributed by atoms with Gasteiger partial charge in [-0.25, -0.2) is 9.48 Å². The highest BCUT2D eigenvalue weighted by Crippen LogP contribution is 2.27. The number of rotatable bonds is 11. The number of hydrogen-bond donors (Lipinski definition) is 1. The van der Waals surface area contributed by atoms with Crippen molar-refractivity contribution in [2.75, 3.05) is 20.3 Å². The summed E-state index contributed by atoms with van der Waals surface area (Å²) in [7, 11) is 1.32. The van der Waals surface area contributed by atoms with Crippen LogP contribution in [-0.2, 0) is 30.4 Å². The number of amides is 1. The highest BCUT2D eigenvalue weighted by molar-refractivity contribution is 5.85. The summed E-state index contributed by atoms with van der Waals surface area (Å²) in [6.45, 7) is 1.70. The summed E-state index contributed by atoms with van der Waals surface area (Å²) in [4.78, 5) is 25.2. The Morgan fingerprint density at radius 2 is 2.00 bits per heavy atom. The maximum atomic E-state index is 12.6. The largest absolute Gasteiger partial charge is 0.467 e. The maximum absolute atomic E-state index is 12.6. The third-order valence-electron chi connectivity index (χ3n) is 6.15. The van der Waals surface area contributed by atoms with Crippen molar-refractivity contribution in [2.45, 2.75) is 51.0 Å². The van der Waals surface area contributed by atoms with Gasteiger partial charge in [0.05, 0.1) is 19.9 Å². The van der Waals surface area contributed by atoms with E-state index in [-0.39, 0.29) is 18.6 Å². The second kappa shape index (κ2) is 13.0. The zero-order chi connectivity index (χ0) is 25.2. The van der Waals surface area contributed by atoms with E-state index in [0.717, 1.165) is 42.6 Å². The van der Waals surface area contributed by atoms with Crippen molar-refractivity contribution in [3.63, 3.8) is 0 Å². The molecule has 2 atom stereocenters. The normalized spacial score (nSPS) is 16.3. The van der Waals surface area contributed by atoms with Gasteiger partial charge < -0.3 is 19.5 Å². The van der Waals surface area contributed by atoms with Crippen LogP contribution in [0.2, 0.25) is 0 Å². The van der Waals surface area contributed by atoms with Gasteiger partial charge in [0.25, 0.3) is 0 Å². The maximum Gasteiger partial charge on any atom is 0.333 e. The van der Waals surface area contributed by atoms with Gasteiger partial charge in [0.2, 0.25) is 5.91 Å². The summed E-state index contributed by atoms with van der Waals surface area (Å²) < 4.78 is 18.3. The molecule has 1 saturated heterocycles. The Morgan fingerprint density at radius 1 is 1.14 bits per heavy atom. The average molecular weight is 492 g/mol. The number of carbonyl (C=O) groups excluding carboxylic acids is 2. The molecule has 1 aliphatic heterocycles. The Balaban J connectivity index is 1.35. The lowest BCUT2D eigenvalue weighted by molar-refractivity contribution is -0.145. The van der Waals surface area contributed by atoms with E-state index in [9.17, 15) is 9.59 Å². The van der Waals surface area contributed by atoms with E-state index < -0.39 is 12.0 Å². The molecular weight excluding hydrogens is 458 g/mol. The minimum atomic E-state index is -0.899. The Kier molecular flexibility index (Phi) is 9.24. The van der Waals surface area contributed by atoms with E-state index in [0.29, 0.717) is 25.2 Å². The third-order valence-corrected chi connectivity index (χ3v) is 6.15. The summed E-state index contributed by atoms with van der Waals surface area (Å²) >= 11 is 0. The Bertz CT molecular complexity index is 1120.